The predicted molar refractivity (Wildman–Crippen MR) is 198 cm³/mol. The minimum absolute atomic E-state index is 0.742. The van der Waals surface area contributed by atoms with Gasteiger partial charge in [-0.1, -0.05) is 153 Å². The Hall–Kier alpha value is -4.24. The molecule has 0 N–H and O–H groups in total. The van der Waals surface area contributed by atoms with Gasteiger partial charge in [-0.3, -0.25) is 0 Å². The van der Waals surface area contributed by atoms with Gasteiger partial charge in [0, 0.05) is 10.7 Å². The molecule has 0 bridgehead atoms. The quantitative estimate of drug-likeness (QED) is 0.158. The molecule has 2 heteroatoms. The van der Waals surface area contributed by atoms with Gasteiger partial charge >= 0.3 is 0 Å². The van der Waals surface area contributed by atoms with Crippen molar-refractivity contribution >= 4 is 74.9 Å². The number of fused-ring (bicyclic) bond motifs is 4. The second-order valence-corrected chi connectivity index (χ2v) is 12.5. The van der Waals surface area contributed by atoms with E-state index in [0.717, 1.165) is 10.7 Å². The highest BCUT2D eigenvalue weighted by Crippen LogP contribution is 2.47. The van der Waals surface area contributed by atoms with E-state index >= 15 is 0 Å². The summed E-state index contributed by atoms with van der Waals surface area (Å²) < 4.78 is 0. The molecule has 8 rings (SSSR count). The Morgan fingerprint density at radius 1 is 0.341 bits per heavy atom. The van der Waals surface area contributed by atoms with Gasteiger partial charge in [0.2, 0.25) is 0 Å². The normalized spacial score (nSPS) is 11.6. The SMILES string of the molecule is BrCc1c(-c2ccc3ccccc3c2)cc2ccccc2c1-c1c(CBr)c(-c2ccc3ccccc3c2)cc2ccccc12. The van der Waals surface area contributed by atoms with Gasteiger partial charge in [0.1, 0.15) is 0 Å². The van der Waals surface area contributed by atoms with Gasteiger partial charge in [0.05, 0.1) is 0 Å². The zero-order chi connectivity index (χ0) is 29.6. The Kier molecular flexibility index (Phi) is 7.05. The second-order valence-electron chi connectivity index (χ2n) is 11.4. The molecule has 0 aliphatic heterocycles. The van der Waals surface area contributed by atoms with Crippen molar-refractivity contribution in [1.29, 1.82) is 0 Å². The zero-order valence-electron chi connectivity index (χ0n) is 24.0. The summed E-state index contributed by atoms with van der Waals surface area (Å²) in [4.78, 5) is 0. The molecule has 0 saturated heterocycles. The zero-order valence-corrected chi connectivity index (χ0v) is 27.2. The van der Waals surface area contributed by atoms with Crippen molar-refractivity contribution in [3.63, 3.8) is 0 Å². The lowest BCUT2D eigenvalue weighted by Crippen LogP contribution is -2.00. The molecule has 0 atom stereocenters. The summed E-state index contributed by atoms with van der Waals surface area (Å²) in [7, 11) is 0. The van der Waals surface area contributed by atoms with Crippen molar-refractivity contribution in [2.45, 2.75) is 10.7 Å². The van der Waals surface area contributed by atoms with Crippen LogP contribution in [0.3, 0.4) is 0 Å². The summed E-state index contributed by atoms with van der Waals surface area (Å²) in [5.41, 5.74) is 10.2. The van der Waals surface area contributed by atoms with Gasteiger partial charge in [-0.05, 0) is 112 Å². The third kappa shape index (κ3) is 4.56. The molecule has 0 aromatic heterocycles. The van der Waals surface area contributed by atoms with Gasteiger partial charge in [-0.25, -0.2) is 0 Å². The lowest BCUT2D eigenvalue weighted by molar-refractivity contribution is 1.41. The van der Waals surface area contributed by atoms with Crippen LogP contribution in [0.25, 0.3) is 76.5 Å². The van der Waals surface area contributed by atoms with Crippen molar-refractivity contribution in [3.05, 3.63) is 157 Å². The first kappa shape index (κ1) is 27.3. The minimum atomic E-state index is 0.742. The van der Waals surface area contributed by atoms with Crippen molar-refractivity contribution in [1.82, 2.24) is 0 Å². The van der Waals surface area contributed by atoms with E-state index in [1.807, 2.05) is 0 Å². The van der Waals surface area contributed by atoms with Gasteiger partial charge in [0.25, 0.3) is 0 Å². The smallest absolute Gasteiger partial charge is 0.0295 e. The summed E-state index contributed by atoms with van der Waals surface area (Å²) in [5, 5.41) is 11.5. The van der Waals surface area contributed by atoms with Crippen molar-refractivity contribution in [2.75, 3.05) is 0 Å². The number of alkyl halides is 2. The van der Waals surface area contributed by atoms with E-state index in [1.54, 1.807) is 0 Å². The fourth-order valence-corrected chi connectivity index (χ4v) is 8.02. The minimum Gasteiger partial charge on any atom is -0.0876 e. The van der Waals surface area contributed by atoms with Gasteiger partial charge < -0.3 is 0 Å². The predicted octanol–water partition coefficient (Wildman–Crippen LogP) is 13.1. The third-order valence-electron chi connectivity index (χ3n) is 8.95. The van der Waals surface area contributed by atoms with E-state index in [-0.39, 0.29) is 0 Å². The summed E-state index contributed by atoms with van der Waals surface area (Å²) in [6, 6.07) is 53.4. The standard InChI is InChI=1S/C42H28Br2/c43-25-39-37(33-19-17-27-9-1-3-11-29(27)21-33)23-31-13-5-7-15-35(31)41(39)42-36-16-8-6-14-32(36)24-38(40(42)26-44)34-20-18-28-10-2-4-12-30(28)22-34/h1-24H,25-26H2. The van der Waals surface area contributed by atoms with Crippen LogP contribution in [0.4, 0.5) is 0 Å². The van der Waals surface area contributed by atoms with E-state index in [1.165, 1.54) is 87.6 Å². The van der Waals surface area contributed by atoms with Crippen LogP contribution < -0.4 is 0 Å². The summed E-state index contributed by atoms with van der Waals surface area (Å²) >= 11 is 7.96. The van der Waals surface area contributed by atoms with Crippen LogP contribution in [0, 0.1) is 0 Å². The molecule has 0 fully saturated rings. The van der Waals surface area contributed by atoms with E-state index < -0.39 is 0 Å². The molecule has 0 heterocycles. The topological polar surface area (TPSA) is 0 Å². The molecule has 8 aromatic rings. The van der Waals surface area contributed by atoms with Gasteiger partial charge in [-0.2, -0.15) is 0 Å². The summed E-state index contributed by atoms with van der Waals surface area (Å²) in [6.45, 7) is 0. The third-order valence-corrected chi connectivity index (χ3v) is 10.1. The first-order valence-electron chi connectivity index (χ1n) is 14.9. The number of rotatable bonds is 5. The van der Waals surface area contributed by atoms with Crippen molar-refractivity contribution < 1.29 is 0 Å². The maximum atomic E-state index is 3.98. The number of benzene rings is 8. The molecule has 0 nitrogen and oxygen atoms in total. The van der Waals surface area contributed by atoms with Crippen molar-refractivity contribution in [3.8, 4) is 33.4 Å². The van der Waals surface area contributed by atoms with E-state index in [4.69, 9.17) is 0 Å². The Morgan fingerprint density at radius 3 is 1.11 bits per heavy atom. The van der Waals surface area contributed by atoms with E-state index in [9.17, 15) is 0 Å². The highest BCUT2D eigenvalue weighted by molar-refractivity contribution is 9.08. The van der Waals surface area contributed by atoms with Crippen molar-refractivity contribution in [2.24, 2.45) is 0 Å². The second kappa shape index (κ2) is 11.4. The number of halogens is 2. The van der Waals surface area contributed by atoms with Crippen LogP contribution in [0.2, 0.25) is 0 Å². The molecule has 8 aromatic carbocycles. The highest BCUT2D eigenvalue weighted by atomic mass is 79.9. The first-order valence-corrected chi connectivity index (χ1v) is 17.2. The van der Waals surface area contributed by atoms with Crippen LogP contribution in [-0.4, -0.2) is 0 Å². The molecule has 210 valence electrons. The molecule has 0 unspecified atom stereocenters. The van der Waals surface area contributed by atoms with E-state index in [2.05, 4.69) is 177 Å². The Balaban J connectivity index is 1.50. The molecule has 0 radical (unpaired) electrons. The Labute approximate surface area is 274 Å². The molecular weight excluding hydrogens is 664 g/mol. The monoisotopic (exact) mass is 690 g/mol. The van der Waals surface area contributed by atoms with Crippen LogP contribution >= 0.6 is 31.9 Å². The largest absolute Gasteiger partial charge is 0.0876 e. The van der Waals surface area contributed by atoms with E-state index in [0.29, 0.717) is 0 Å². The number of hydrogen-bond acceptors (Lipinski definition) is 0. The van der Waals surface area contributed by atoms with Gasteiger partial charge in [0.15, 0.2) is 0 Å². The van der Waals surface area contributed by atoms with Crippen LogP contribution in [0.1, 0.15) is 11.1 Å². The summed E-state index contributed by atoms with van der Waals surface area (Å²) in [6.07, 6.45) is 0. The molecule has 0 saturated carbocycles. The average Bonchev–Trinajstić information content (AvgIpc) is 3.09. The molecule has 0 aliphatic carbocycles. The van der Waals surface area contributed by atoms with Crippen LogP contribution in [0.5, 0.6) is 0 Å². The molecule has 0 aliphatic rings. The lowest BCUT2D eigenvalue weighted by atomic mass is 9.82. The average molecular weight is 692 g/mol. The molecular formula is C42H28Br2. The fraction of sp³-hybridized carbons (Fsp3) is 0.0476. The Bertz CT molecular complexity index is 2200. The van der Waals surface area contributed by atoms with Crippen LogP contribution in [-0.2, 0) is 10.7 Å². The maximum Gasteiger partial charge on any atom is 0.0295 e. The fourth-order valence-electron chi connectivity index (χ4n) is 6.86. The molecule has 44 heavy (non-hydrogen) atoms. The number of hydrogen-bond donors (Lipinski definition) is 0. The van der Waals surface area contributed by atoms with Gasteiger partial charge in [-0.15, -0.1) is 0 Å². The highest BCUT2D eigenvalue weighted by Gasteiger charge is 2.22. The maximum absolute atomic E-state index is 3.98. The Morgan fingerprint density at radius 2 is 0.705 bits per heavy atom. The lowest BCUT2D eigenvalue weighted by Gasteiger charge is -2.23. The van der Waals surface area contributed by atoms with Crippen LogP contribution in [0.15, 0.2) is 146 Å². The summed E-state index contributed by atoms with van der Waals surface area (Å²) in [5.74, 6) is 0. The molecule has 0 spiro atoms. The first-order chi connectivity index (χ1) is 21.7. The molecule has 0 amide bonds.